The standard InChI is InChI=1S/C18H21N3O3/c22-17(13-24-12-14-4-2-1-3-5-14)19-10-11-21-18(23)9-8-16(20-21)15-6-7-15/h1-5,8-9,15H,6-7,10-13H2,(H,19,22). The number of rotatable bonds is 8. The highest BCUT2D eigenvalue weighted by atomic mass is 16.5. The van der Waals surface area contributed by atoms with Gasteiger partial charge in [-0.3, -0.25) is 9.59 Å². The molecule has 2 aromatic rings. The summed E-state index contributed by atoms with van der Waals surface area (Å²) >= 11 is 0. The first-order valence-electron chi connectivity index (χ1n) is 8.19. The van der Waals surface area contributed by atoms with Crippen LogP contribution < -0.4 is 10.9 Å². The molecule has 1 aliphatic rings. The van der Waals surface area contributed by atoms with E-state index in [2.05, 4.69) is 10.4 Å². The van der Waals surface area contributed by atoms with Crippen molar-refractivity contribution in [3.05, 3.63) is 64.1 Å². The fourth-order valence-electron chi connectivity index (χ4n) is 2.41. The van der Waals surface area contributed by atoms with Gasteiger partial charge in [-0.1, -0.05) is 30.3 Å². The maximum atomic E-state index is 11.8. The van der Waals surface area contributed by atoms with E-state index in [1.54, 1.807) is 12.1 Å². The fourth-order valence-corrected chi connectivity index (χ4v) is 2.41. The van der Waals surface area contributed by atoms with Crippen LogP contribution in [-0.4, -0.2) is 28.8 Å². The Hall–Kier alpha value is -2.47. The fraction of sp³-hybridized carbons (Fsp3) is 0.389. The van der Waals surface area contributed by atoms with E-state index < -0.39 is 0 Å². The Morgan fingerprint density at radius 3 is 2.75 bits per heavy atom. The number of amides is 1. The largest absolute Gasteiger partial charge is 0.367 e. The van der Waals surface area contributed by atoms with Gasteiger partial charge in [0.15, 0.2) is 0 Å². The third kappa shape index (κ3) is 4.76. The van der Waals surface area contributed by atoms with E-state index in [1.165, 1.54) is 4.68 Å². The van der Waals surface area contributed by atoms with Gasteiger partial charge in [-0.05, 0) is 24.5 Å². The normalized spacial score (nSPS) is 13.7. The minimum absolute atomic E-state index is 0.000659. The zero-order valence-corrected chi connectivity index (χ0v) is 13.5. The van der Waals surface area contributed by atoms with E-state index in [9.17, 15) is 9.59 Å². The molecule has 0 unspecified atom stereocenters. The van der Waals surface area contributed by atoms with Crippen LogP contribution >= 0.6 is 0 Å². The summed E-state index contributed by atoms with van der Waals surface area (Å²) in [5, 5.41) is 7.10. The summed E-state index contributed by atoms with van der Waals surface area (Å²) < 4.78 is 6.79. The molecule has 6 heteroatoms. The Labute approximate surface area is 140 Å². The van der Waals surface area contributed by atoms with Crippen molar-refractivity contribution in [2.45, 2.75) is 31.9 Å². The number of nitrogens with zero attached hydrogens (tertiary/aromatic N) is 2. The van der Waals surface area contributed by atoms with Crippen molar-refractivity contribution < 1.29 is 9.53 Å². The first-order chi connectivity index (χ1) is 11.7. The maximum Gasteiger partial charge on any atom is 0.266 e. The van der Waals surface area contributed by atoms with Crippen LogP contribution in [0.15, 0.2) is 47.3 Å². The molecule has 0 aliphatic heterocycles. The van der Waals surface area contributed by atoms with Crippen molar-refractivity contribution >= 4 is 5.91 Å². The van der Waals surface area contributed by atoms with E-state index >= 15 is 0 Å². The van der Waals surface area contributed by atoms with Gasteiger partial charge in [0.25, 0.3) is 5.56 Å². The number of carbonyl (C=O) groups excluding carboxylic acids is 1. The molecule has 6 nitrogen and oxygen atoms in total. The average molecular weight is 327 g/mol. The molecule has 1 heterocycles. The summed E-state index contributed by atoms with van der Waals surface area (Å²) in [6, 6.07) is 13.0. The molecule has 1 aromatic carbocycles. The Morgan fingerprint density at radius 1 is 1.21 bits per heavy atom. The summed E-state index contributed by atoms with van der Waals surface area (Å²) in [7, 11) is 0. The molecule has 1 amide bonds. The Balaban J connectivity index is 1.39. The molecular formula is C18H21N3O3. The molecule has 126 valence electrons. The molecular weight excluding hydrogens is 306 g/mol. The summed E-state index contributed by atoms with van der Waals surface area (Å²) in [5.74, 6) is 0.301. The van der Waals surface area contributed by atoms with Gasteiger partial charge in [-0.15, -0.1) is 0 Å². The molecule has 1 N–H and O–H groups in total. The SMILES string of the molecule is O=C(COCc1ccccc1)NCCn1nc(C2CC2)ccc1=O. The Morgan fingerprint density at radius 2 is 2.00 bits per heavy atom. The average Bonchev–Trinajstić information content (AvgIpc) is 3.42. The molecule has 0 saturated heterocycles. The van der Waals surface area contributed by atoms with Crippen LogP contribution in [0.4, 0.5) is 0 Å². The van der Waals surface area contributed by atoms with Gasteiger partial charge in [0.1, 0.15) is 6.61 Å². The second-order valence-corrected chi connectivity index (χ2v) is 5.92. The lowest BCUT2D eigenvalue weighted by atomic mass is 10.2. The number of carbonyl (C=O) groups is 1. The molecule has 24 heavy (non-hydrogen) atoms. The monoisotopic (exact) mass is 327 g/mol. The number of nitrogens with one attached hydrogen (secondary N) is 1. The lowest BCUT2D eigenvalue weighted by Crippen LogP contribution is -2.34. The molecule has 0 bridgehead atoms. The predicted octanol–water partition coefficient (Wildman–Crippen LogP) is 1.45. The summed E-state index contributed by atoms with van der Waals surface area (Å²) in [4.78, 5) is 23.5. The van der Waals surface area contributed by atoms with Gasteiger partial charge in [-0.2, -0.15) is 5.10 Å². The van der Waals surface area contributed by atoms with Crippen molar-refractivity contribution in [2.24, 2.45) is 0 Å². The van der Waals surface area contributed by atoms with E-state index in [0.29, 0.717) is 25.6 Å². The lowest BCUT2D eigenvalue weighted by molar-refractivity contribution is -0.126. The van der Waals surface area contributed by atoms with Gasteiger partial charge < -0.3 is 10.1 Å². The van der Waals surface area contributed by atoms with Crippen molar-refractivity contribution in [3.63, 3.8) is 0 Å². The molecule has 0 atom stereocenters. The number of benzene rings is 1. The lowest BCUT2D eigenvalue weighted by Gasteiger charge is -2.08. The smallest absolute Gasteiger partial charge is 0.266 e. The molecule has 3 rings (SSSR count). The van der Waals surface area contributed by atoms with Crippen LogP contribution in [0.2, 0.25) is 0 Å². The van der Waals surface area contributed by atoms with Crippen molar-refractivity contribution in [1.29, 1.82) is 0 Å². The first kappa shape index (κ1) is 16.4. The second kappa shape index (κ2) is 7.88. The van der Waals surface area contributed by atoms with E-state index in [1.807, 2.05) is 30.3 Å². The number of hydrogen-bond donors (Lipinski definition) is 1. The van der Waals surface area contributed by atoms with Crippen LogP contribution in [0.1, 0.15) is 30.0 Å². The van der Waals surface area contributed by atoms with Gasteiger partial charge >= 0.3 is 0 Å². The minimum Gasteiger partial charge on any atom is -0.367 e. The van der Waals surface area contributed by atoms with Crippen molar-refractivity contribution in [1.82, 2.24) is 15.1 Å². The molecule has 0 radical (unpaired) electrons. The van der Waals surface area contributed by atoms with E-state index in [-0.39, 0.29) is 18.1 Å². The summed E-state index contributed by atoms with van der Waals surface area (Å²) in [5.41, 5.74) is 1.85. The first-order valence-corrected chi connectivity index (χ1v) is 8.19. The highest BCUT2D eigenvalue weighted by molar-refractivity contribution is 5.77. The zero-order chi connectivity index (χ0) is 16.8. The minimum atomic E-state index is -0.197. The number of ether oxygens (including phenoxy) is 1. The maximum absolute atomic E-state index is 11.8. The van der Waals surface area contributed by atoms with Crippen molar-refractivity contribution in [2.75, 3.05) is 13.2 Å². The van der Waals surface area contributed by atoms with Gasteiger partial charge in [0.05, 0.1) is 18.8 Å². The highest BCUT2D eigenvalue weighted by Gasteiger charge is 2.25. The van der Waals surface area contributed by atoms with Crippen LogP contribution in [0.5, 0.6) is 0 Å². The topological polar surface area (TPSA) is 73.2 Å². The highest BCUT2D eigenvalue weighted by Crippen LogP contribution is 2.38. The molecule has 0 spiro atoms. The van der Waals surface area contributed by atoms with E-state index in [4.69, 9.17) is 4.74 Å². The Bertz CT molecular complexity index is 739. The van der Waals surface area contributed by atoms with Gasteiger partial charge in [-0.25, -0.2) is 4.68 Å². The van der Waals surface area contributed by atoms with Crippen LogP contribution in [0, 0.1) is 0 Å². The van der Waals surface area contributed by atoms with Crippen molar-refractivity contribution in [3.8, 4) is 0 Å². The second-order valence-electron chi connectivity index (χ2n) is 5.92. The van der Waals surface area contributed by atoms with Crippen LogP contribution in [-0.2, 0) is 22.7 Å². The predicted molar refractivity (Wildman–Crippen MR) is 89.6 cm³/mol. The number of aromatic nitrogens is 2. The van der Waals surface area contributed by atoms with E-state index in [0.717, 1.165) is 24.1 Å². The molecule has 1 aromatic heterocycles. The van der Waals surface area contributed by atoms with Gasteiger partial charge in [0, 0.05) is 18.5 Å². The Kier molecular flexibility index (Phi) is 5.38. The molecule has 1 fully saturated rings. The summed E-state index contributed by atoms with van der Waals surface area (Å²) in [6.45, 7) is 1.12. The summed E-state index contributed by atoms with van der Waals surface area (Å²) in [6.07, 6.45) is 2.28. The quantitative estimate of drug-likeness (QED) is 0.796. The third-order valence-corrected chi connectivity index (χ3v) is 3.87. The third-order valence-electron chi connectivity index (χ3n) is 3.87. The zero-order valence-electron chi connectivity index (χ0n) is 13.5. The van der Waals surface area contributed by atoms with Gasteiger partial charge in [0.2, 0.25) is 5.91 Å². The van der Waals surface area contributed by atoms with Crippen LogP contribution in [0.25, 0.3) is 0 Å². The van der Waals surface area contributed by atoms with Crippen LogP contribution in [0.3, 0.4) is 0 Å². The number of hydrogen-bond acceptors (Lipinski definition) is 4. The molecule has 1 saturated carbocycles. The molecule has 1 aliphatic carbocycles.